The third kappa shape index (κ3) is 5.01. The number of nitrogens with one attached hydrogen (secondary N) is 1. The molecule has 2 rings (SSSR count). The van der Waals surface area contributed by atoms with E-state index in [9.17, 15) is 0 Å². The Hall–Kier alpha value is -1.06. The van der Waals surface area contributed by atoms with Crippen molar-refractivity contribution in [3.05, 3.63) is 29.8 Å². The minimum Gasteiger partial charge on any atom is -0.493 e. The summed E-state index contributed by atoms with van der Waals surface area (Å²) >= 11 is 0. The van der Waals surface area contributed by atoms with Gasteiger partial charge in [-0.3, -0.25) is 11.3 Å². The van der Waals surface area contributed by atoms with Crippen LogP contribution in [0.4, 0.5) is 0 Å². The Morgan fingerprint density at radius 3 is 2.76 bits per heavy atom. The Bertz CT molecular complexity index is 408. The first kappa shape index (κ1) is 16.3. The number of para-hydroxylation sites is 1. The second-order valence-electron chi connectivity index (χ2n) is 6.21. The van der Waals surface area contributed by atoms with Gasteiger partial charge in [-0.15, -0.1) is 0 Å². The van der Waals surface area contributed by atoms with Gasteiger partial charge in [0.05, 0.1) is 6.61 Å². The number of benzene rings is 1. The van der Waals surface area contributed by atoms with Crippen LogP contribution in [0, 0.1) is 5.92 Å². The summed E-state index contributed by atoms with van der Waals surface area (Å²) in [5.74, 6) is 7.31. The quantitative estimate of drug-likeness (QED) is 0.413. The van der Waals surface area contributed by atoms with Crippen molar-refractivity contribution in [1.29, 1.82) is 0 Å². The lowest BCUT2D eigenvalue weighted by Gasteiger charge is -2.31. The highest BCUT2D eigenvalue weighted by atomic mass is 16.5. The van der Waals surface area contributed by atoms with Gasteiger partial charge in [0.25, 0.3) is 0 Å². The summed E-state index contributed by atoms with van der Waals surface area (Å²) in [5, 5.41) is 0. The average molecular weight is 290 g/mol. The Labute approximate surface area is 129 Å². The zero-order valence-corrected chi connectivity index (χ0v) is 13.3. The molecule has 0 spiro atoms. The van der Waals surface area contributed by atoms with Crippen LogP contribution >= 0.6 is 0 Å². The van der Waals surface area contributed by atoms with Gasteiger partial charge in [-0.05, 0) is 24.5 Å². The number of nitrogens with two attached hydrogens (primary N) is 1. The second-order valence-corrected chi connectivity index (χ2v) is 6.21. The molecule has 1 aromatic carbocycles. The first-order valence-corrected chi connectivity index (χ1v) is 8.52. The number of hydrogen-bond donors (Lipinski definition) is 2. The van der Waals surface area contributed by atoms with Crippen molar-refractivity contribution in [3.63, 3.8) is 0 Å². The van der Waals surface area contributed by atoms with Crippen LogP contribution in [0.1, 0.15) is 57.4 Å². The van der Waals surface area contributed by atoms with Crippen LogP contribution < -0.4 is 16.0 Å². The highest BCUT2D eigenvalue weighted by molar-refractivity contribution is 5.35. The number of unbranched alkanes of at least 4 members (excludes halogenated alkanes) is 5. The molecule has 1 heterocycles. The number of hydrazine groups is 1. The van der Waals surface area contributed by atoms with Gasteiger partial charge in [0.2, 0.25) is 0 Å². The molecule has 3 heteroatoms. The van der Waals surface area contributed by atoms with E-state index < -0.39 is 0 Å². The number of ether oxygens (including phenoxy) is 1. The molecule has 0 amide bonds. The summed E-state index contributed by atoms with van der Waals surface area (Å²) in [4.78, 5) is 0. The summed E-state index contributed by atoms with van der Waals surface area (Å²) < 4.78 is 5.88. The SMILES string of the molecule is CCCCCCCCC(NN)C1COc2ccccc2C1. The van der Waals surface area contributed by atoms with E-state index in [1.165, 1.54) is 44.1 Å². The predicted octanol–water partition coefficient (Wildman–Crippen LogP) is 3.82. The maximum atomic E-state index is 5.88. The molecular weight excluding hydrogens is 260 g/mol. The van der Waals surface area contributed by atoms with Gasteiger partial charge in [-0.1, -0.05) is 63.6 Å². The molecule has 3 nitrogen and oxygen atoms in total. The molecule has 1 aliphatic heterocycles. The Kier molecular flexibility index (Phi) is 7.04. The van der Waals surface area contributed by atoms with E-state index in [0.717, 1.165) is 25.2 Å². The van der Waals surface area contributed by atoms with Gasteiger partial charge in [0.15, 0.2) is 0 Å². The van der Waals surface area contributed by atoms with Crippen LogP contribution in [-0.4, -0.2) is 12.6 Å². The molecule has 1 aromatic rings. The fourth-order valence-corrected chi connectivity index (χ4v) is 3.21. The first-order valence-electron chi connectivity index (χ1n) is 8.52. The van der Waals surface area contributed by atoms with Crippen molar-refractivity contribution in [2.75, 3.05) is 6.61 Å². The third-order valence-electron chi connectivity index (χ3n) is 4.56. The van der Waals surface area contributed by atoms with E-state index in [1.807, 2.05) is 6.07 Å². The zero-order valence-electron chi connectivity index (χ0n) is 13.3. The lowest BCUT2D eigenvalue weighted by Crippen LogP contribution is -2.45. The van der Waals surface area contributed by atoms with Gasteiger partial charge in [-0.2, -0.15) is 0 Å². The van der Waals surface area contributed by atoms with E-state index in [0.29, 0.717) is 12.0 Å². The average Bonchev–Trinajstić information content (AvgIpc) is 2.54. The van der Waals surface area contributed by atoms with E-state index in [2.05, 4.69) is 30.5 Å². The van der Waals surface area contributed by atoms with Gasteiger partial charge in [0.1, 0.15) is 5.75 Å². The summed E-state index contributed by atoms with van der Waals surface area (Å²) in [5.41, 5.74) is 4.34. The summed E-state index contributed by atoms with van der Waals surface area (Å²) in [6, 6.07) is 8.71. The summed E-state index contributed by atoms with van der Waals surface area (Å²) in [7, 11) is 0. The van der Waals surface area contributed by atoms with Crippen LogP contribution in [-0.2, 0) is 6.42 Å². The van der Waals surface area contributed by atoms with Crippen LogP contribution in [0.2, 0.25) is 0 Å². The lowest BCUT2D eigenvalue weighted by molar-refractivity contribution is 0.178. The Balaban J connectivity index is 1.74. The van der Waals surface area contributed by atoms with E-state index in [-0.39, 0.29) is 0 Å². The largest absolute Gasteiger partial charge is 0.493 e. The fraction of sp³-hybridized carbons (Fsp3) is 0.667. The lowest BCUT2D eigenvalue weighted by atomic mass is 9.88. The number of rotatable bonds is 9. The molecular formula is C18H30N2O. The standard InChI is InChI=1S/C18H30N2O/c1-2-3-4-5-6-7-11-17(20-19)16-13-15-10-8-9-12-18(15)21-14-16/h8-10,12,16-17,20H,2-7,11,13-14,19H2,1H3. The van der Waals surface area contributed by atoms with Crippen molar-refractivity contribution < 1.29 is 4.74 Å². The predicted molar refractivity (Wildman–Crippen MR) is 88.2 cm³/mol. The minimum atomic E-state index is 0.365. The molecule has 0 radical (unpaired) electrons. The zero-order chi connectivity index (χ0) is 14.9. The first-order chi connectivity index (χ1) is 10.3. The molecule has 2 unspecified atom stereocenters. The van der Waals surface area contributed by atoms with Gasteiger partial charge < -0.3 is 4.74 Å². The van der Waals surface area contributed by atoms with Crippen molar-refractivity contribution in [1.82, 2.24) is 5.43 Å². The third-order valence-corrected chi connectivity index (χ3v) is 4.56. The number of hydrogen-bond acceptors (Lipinski definition) is 3. The normalized spacial score (nSPS) is 18.9. The smallest absolute Gasteiger partial charge is 0.122 e. The monoisotopic (exact) mass is 290 g/mol. The Morgan fingerprint density at radius 1 is 1.19 bits per heavy atom. The second kappa shape index (κ2) is 9.06. The molecule has 21 heavy (non-hydrogen) atoms. The van der Waals surface area contributed by atoms with Crippen LogP contribution in [0.25, 0.3) is 0 Å². The van der Waals surface area contributed by atoms with Gasteiger partial charge in [-0.25, -0.2) is 0 Å². The number of fused-ring (bicyclic) bond motifs is 1. The van der Waals surface area contributed by atoms with Crippen molar-refractivity contribution >= 4 is 0 Å². The van der Waals surface area contributed by atoms with Crippen LogP contribution in [0.15, 0.2) is 24.3 Å². The minimum absolute atomic E-state index is 0.365. The van der Waals surface area contributed by atoms with Crippen LogP contribution in [0.5, 0.6) is 5.75 Å². The molecule has 3 N–H and O–H groups in total. The molecule has 118 valence electrons. The van der Waals surface area contributed by atoms with Crippen molar-refractivity contribution in [2.45, 2.75) is 64.3 Å². The van der Waals surface area contributed by atoms with Crippen molar-refractivity contribution in [3.8, 4) is 5.75 Å². The maximum Gasteiger partial charge on any atom is 0.122 e. The molecule has 0 fully saturated rings. The maximum absolute atomic E-state index is 5.88. The molecule has 0 aromatic heterocycles. The van der Waals surface area contributed by atoms with E-state index in [1.54, 1.807) is 0 Å². The highest BCUT2D eigenvalue weighted by Crippen LogP contribution is 2.29. The van der Waals surface area contributed by atoms with E-state index in [4.69, 9.17) is 10.6 Å². The Morgan fingerprint density at radius 2 is 1.95 bits per heavy atom. The molecule has 1 aliphatic rings. The van der Waals surface area contributed by atoms with Crippen LogP contribution in [0.3, 0.4) is 0 Å². The van der Waals surface area contributed by atoms with Gasteiger partial charge in [0, 0.05) is 12.0 Å². The topological polar surface area (TPSA) is 47.3 Å². The highest BCUT2D eigenvalue weighted by Gasteiger charge is 2.26. The molecule has 0 bridgehead atoms. The molecule has 0 saturated heterocycles. The molecule has 2 atom stereocenters. The van der Waals surface area contributed by atoms with E-state index >= 15 is 0 Å². The van der Waals surface area contributed by atoms with Gasteiger partial charge >= 0.3 is 0 Å². The summed E-state index contributed by atoms with van der Waals surface area (Å²) in [6.45, 7) is 3.04. The molecule has 0 saturated carbocycles. The van der Waals surface area contributed by atoms with Crippen molar-refractivity contribution in [2.24, 2.45) is 11.8 Å². The molecule has 0 aliphatic carbocycles. The fourth-order valence-electron chi connectivity index (χ4n) is 3.21. The summed E-state index contributed by atoms with van der Waals surface area (Å²) in [6.07, 6.45) is 10.2.